The monoisotopic (exact) mass is 302 g/mol. The van der Waals surface area contributed by atoms with E-state index >= 15 is 0 Å². The summed E-state index contributed by atoms with van der Waals surface area (Å²) >= 11 is 0. The number of hydrogen-bond acceptors (Lipinski definition) is 5. The topological polar surface area (TPSA) is 58.7 Å². The number of phenols is 1. The molecule has 1 atom stereocenters. The molecule has 1 aromatic heterocycles. The highest BCUT2D eigenvalue weighted by Crippen LogP contribution is 2.35. The fraction of sp³-hybridized carbons (Fsp3) is 0.471. The third-order valence-electron chi connectivity index (χ3n) is 4.26. The van der Waals surface area contributed by atoms with Gasteiger partial charge in [-0.1, -0.05) is 18.1 Å². The van der Waals surface area contributed by atoms with E-state index in [1.165, 1.54) is 0 Å². The van der Waals surface area contributed by atoms with Crippen molar-refractivity contribution >= 4 is 0 Å². The van der Waals surface area contributed by atoms with E-state index in [0.29, 0.717) is 5.75 Å². The van der Waals surface area contributed by atoms with Crippen molar-refractivity contribution in [2.45, 2.75) is 38.8 Å². The van der Waals surface area contributed by atoms with Gasteiger partial charge in [0.15, 0.2) is 17.3 Å². The summed E-state index contributed by atoms with van der Waals surface area (Å²) in [6, 6.07) is 7.87. The fourth-order valence-corrected chi connectivity index (χ4v) is 3.04. The van der Waals surface area contributed by atoms with E-state index in [4.69, 9.17) is 9.26 Å². The summed E-state index contributed by atoms with van der Waals surface area (Å²) in [6.07, 6.45) is 3.14. The van der Waals surface area contributed by atoms with Crippen molar-refractivity contribution in [2.24, 2.45) is 0 Å². The van der Waals surface area contributed by atoms with Gasteiger partial charge in [-0.3, -0.25) is 4.90 Å². The number of nitrogens with zero attached hydrogens (tertiary/aromatic N) is 2. The van der Waals surface area contributed by atoms with Gasteiger partial charge in [0.05, 0.1) is 18.8 Å². The predicted molar refractivity (Wildman–Crippen MR) is 82.9 cm³/mol. The third-order valence-corrected chi connectivity index (χ3v) is 4.26. The molecule has 1 aliphatic heterocycles. The van der Waals surface area contributed by atoms with Crippen LogP contribution in [0.1, 0.15) is 42.8 Å². The molecule has 3 rings (SSSR count). The Labute approximate surface area is 130 Å². The molecule has 0 amide bonds. The minimum atomic E-state index is 0.173. The van der Waals surface area contributed by atoms with Crippen LogP contribution in [0, 0.1) is 0 Å². The van der Waals surface area contributed by atoms with Crippen LogP contribution in [0.3, 0.4) is 0 Å². The van der Waals surface area contributed by atoms with Gasteiger partial charge in [-0.25, -0.2) is 0 Å². The second-order valence-electron chi connectivity index (χ2n) is 5.71. The molecule has 5 nitrogen and oxygen atoms in total. The molecule has 2 heterocycles. The van der Waals surface area contributed by atoms with E-state index in [1.807, 2.05) is 12.1 Å². The minimum absolute atomic E-state index is 0.173. The van der Waals surface area contributed by atoms with Crippen molar-refractivity contribution in [3.63, 3.8) is 0 Å². The van der Waals surface area contributed by atoms with Crippen LogP contribution < -0.4 is 4.74 Å². The van der Waals surface area contributed by atoms with Crippen molar-refractivity contribution in [2.75, 3.05) is 13.7 Å². The number of aromatic nitrogens is 1. The lowest BCUT2D eigenvalue weighted by Crippen LogP contribution is -2.22. The molecule has 0 aliphatic carbocycles. The predicted octanol–water partition coefficient (Wildman–Crippen LogP) is 3.29. The van der Waals surface area contributed by atoms with E-state index in [2.05, 4.69) is 23.0 Å². The molecule has 0 bridgehead atoms. The number of benzene rings is 1. The summed E-state index contributed by atoms with van der Waals surface area (Å²) in [5.41, 5.74) is 2.13. The van der Waals surface area contributed by atoms with Crippen LogP contribution in [-0.4, -0.2) is 28.8 Å². The number of phenolic OH excluding ortho intramolecular Hbond substituents is 1. The van der Waals surface area contributed by atoms with Gasteiger partial charge in [-0.05, 0) is 43.5 Å². The Bertz CT molecular complexity index is 639. The van der Waals surface area contributed by atoms with Crippen LogP contribution in [0.4, 0.5) is 0 Å². The maximum Gasteiger partial charge on any atom is 0.160 e. The molecule has 2 aromatic rings. The van der Waals surface area contributed by atoms with E-state index < -0.39 is 0 Å². The zero-order valence-corrected chi connectivity index (χ0v) is 13.1. The average molecular weight is 302 g/mol. The molecule has 0 saturated carbocycles. The SMILES string of the molecule is CCc1cc(C2CCCN2Cc2ccc(O)c(OC)c2)on1. The molecule has 1 N–H and O–H groups in total. The van der Waals surface area contributed by atoms with Gasteiger partial charge in [-0.2, -0.15) is 0 Å². The lowest BCUT2D eigenvalue weighted by molar-refractivity contribution is 0.206. The number of rotatable bonds is 5. The summed E-state index contributed by atoms with van der Waals surface area (Å²) in [6.45, 7) is 3.93. The first kappa shape index (κ1) is 14.9. The summed E-state index contributed by atoms with van der Waals surface area (Å²) in [4.78, 5) is 2.39. The highest BCUT2D eigenvalue weighted by molar-refractivity contribution is 5.41. The number of ether oxygens (including phenoxy) is 1. The number of hydrogen-bond donors (Lipinski definition) is 1. The standard InChI is InChI=1S/C17H22N2O3/c1-3-13-10-16(22-18-13)14-5-4-8-19(14)11-12-6-7-15(20)17(9-12)21-2/h6-7,9-10,14,20H,3-5,8,11H2,1-2H3. The number of methoxy groups -OCH3 is 1. The van der Waals surface area contributed by atoms with Gasteiger partial charge in [0, 0.05) is 12.6 Å². The Morgan fingerprint density at radius 3 is 3.00 bits per heavy atom. The van der Waals surface area contributed by atoms with Crippen LogP contribution in [0.25, 0.3) is 0 Å². The van der Waals surface area contributed by atoms with Crippen LogP contribution >= 0.6 is 0 Å². The second kappa shape index (κ2) is 6.40. The van der Waals surface area contributed by atoms with E-state index in [9.17, 15) is 5.11 Å². The van der Waals surface area contributed by atoms with Crippen LogP contribution in [-0.2, 0) is 13.0 Å². The maximum absolute atomic E-state index is 9.69. The Hall–Kier alpha value is -2.01. The van der Waals surface area contributed by atoms with Gasteiger partial charge in [0.2, 0.25) is 0 Å². The van der Waals surface area contributed by atoms with Crippen molar-refractivity contribution in [3.05, 3.63) is 41.3 Å². The Morgan fingerprint density at radius 2 is 2.27 bits per heavy atom. The quantitative estimate of drug-likeness (QED) is 0.918. The Morgan fingerprint density at radius 1 is 1.41 bits per heavy atom. The molecule has 0 spiro atoms. The number of aryl methyl sites for hydroxylation is 1. The molecule has 1 fully saturated rings. The minimum Gasteiger partial charge on any atom is -0.504 e. The van der Waals surface area contributed by atoms with Gasteiger partial charge < -0.3 is 14.4 Å². The molecule has 0 radical (unpaired) electrons. The second-order valence-corrected chi connectivity index (χ2v) is 5.71. The highest BCUT2D eigenvalue weighted by Gasteiger charge is 2.29. The molecule has 1 aliphatic rings. The molecule has 1 unspecified atom stereocenters. The van der Waals surface area contributed by atoms with Crippen molar-refractivity contribution in [1.82, 2.24) is 10.1 Å². The van der Waals surface area contributed by atoms with Gasteiger partial charge in [-0.15, -0.1) is 0 Å². The average Bonchev–Trinajstić information content (AvgIpc) is 3.17. The smallest absolute Gasteiger partial charge is 0.160 e. The summed E-state index contributed by atoms with van der Waals surface area (Å²) < 4.78 is 10.7. The van der Waals surface area contributed by atoms with Crippen molar-refractivity contribution in [3.8, 4) is 11.5 Å². The molecule has 5 heteroatoms. The molecular formula is C17H22N2O3. The van der Waals surface area contributed by atoms with Gasteiger partial charge in [0.1, 0.15) is 0 Å². The van der Waals surface area contributed by atoms with Crippen molar-refractivity contribution < 1.29 is 14.4 Å². The van der Waals surface area contributed by atoms with Gasteiger partial charge >= 0.3 is 0 Å². The first-order valence-corrected chi connectivity index (χ1v) is 7.76. The highest BCUT2D eigenvalue weighted by atomic mass is 16.5. The van der Waals surface area contributed by atoms with E-state index in [1.54, 1.807) is 13.2 Å². The lowest BCUT2D eigenvalue weighted by atomic mass is 10.1. The Kier molecular flexibility index (Phi) is 4.34. The number of likely N-dealkylation sites (tertiary alicyclic amines) is 1. The zero-order chi connectivity index (χ0) is 15.5. The van der Waals surface area contributed by atoms with Crippen LogP contribution in [0.5, 0.6) is 11.5 Å². The van der Waals surface area contributed by atoms with Crippen LogP contribution in [0.15, 0.2) is 28.8 Å². The first-order chi connectivity index (χ1) is 10.7. The molecule has 1 saturated heterocycles. The van der Waals surface area contributed by atoms with E-state index in [-0.39, 0.29) is 11.8 Å². The largest absolute Gasteiger partial charge is 0.504 e. The fourth-order valence-electron chi connectivity index (χ4n) is 3.04. The lowest BCUT2D eigenvalue weighted by Gasteiger charge is -2.22. The van der Waals surface area contributed by atoms with Crippen molar-refractivity contribution in [1.29, 1.82) is 0 Å². The summed E-state index contributed by atoms with van der Waals surface area (Å²) in [7, 11) is 1.57. The first-order valence-electron chi connectivity index (χ1n) is 7.76. The third kappa shape index (κ3) is 2.95. The van der Waals surface area contributed by atoms with Gasteiger partial charge in [0.25, 0.3) is 0 Å². The normalized spacial score (nSPS) is 18.7. The van der Waals surface area contributed by atoms with E-state index in [0.717, 1.165) is 49.4 Å². The molecule has 118 valence electrons. The summed E-state index contributed by atoms with van der Waals surface area (Å²) in [5.74, 6) is 1.65. The number of aromatic hydroxyl groups is 1. The zero-order valence-electron chi connectivity index (χ0n) is 13.1. The molecule has 22 heavy (non-hydrogen) atoms. The molecular weight excluding hydrogens is 280 g/mol. The maximum atomic E-state index is 9.69. The Balaban J connectivity index is 1.76. The summed E-state index contributed by atoms with van der Waals surface area (Å²) in [5, 5.41) is 13.8. The molecule has 1 aromatic carbocycles. The van der Waals surface area contributed by atoms with Crippen LogP contribution in [0.2, 0.25) is 0 Å².